The van der Waals surface area contributed by atoms with Crippen molar-refractivity contribution in [2.75, 3.05) is 6.61 Å². The third kappa shape index (κ3) is 4.10. The molecule has 0 bridgehead atoms. The number of rotatable bonds is 7. The van der Waals surface area contributed by atoms with E-state index in [0.29, 0.717) is 13.0 Å². The van der Waals surface area contributed by atoms with Gasteiger partial charge in [0.05, 0.1) is 12.5 Å². The lowest BCUT2D eigenvalue weighted by Gasteiger charge is -2.14. The predicted octanol–water partition coefficient (Wildman–Crippen LogP) is 4.06. The molecule has 2 rings (SSSR count). The summed E-state index contributed by atoms with van der Waals surface area (Å²) in [5, 5.41) is 9.56. The highest BCUT2D eigenvalue weighted by molar-refractivity contribution is 5.76. The normalized spacial score (nSPS) is 11.9. The standard InChI is InChI=1S/C19H22O3/c1-3-14-8-10-16(11-9-14)18(19(20)21)13-15-6-5-7-17(12-15)22-4-2/h5-12,18H,3-4,13H2,1-2H3,(H,20,21). The fraction of sp³-hybridized carbons (Fsp3) is 0.316. The second kappa shape index (κ2) is 7.64. The fourth-order valence-corrected chi connectivity index (χ4v) is 2.50. The Morgan fingerprint density at radius 2 is 1.82 bits per heavy atom. The van der Waals surface area contributed by atoms with Crippen LogP contribution in [0.25, 0.3) is 0 Å². The summed E-state index contributed by atoms with van der Waals surface area (Å²) in [6.07, 6.45) is 1.41. The summed E-state index contributed by atoms with van der Waals surface area (Å²) >= 11 is 0. The first-order valence-electron chi connectivity index (χ1n) is 7.67. The Morgan fingerprint density at radius 1 is 1.09 bits per heavy atom. The van der Waals surface area contributed by atoms with Crippen LogP contribution in [0.15, 0.2) is 48.5 Å². The molecule has 0 aliphatic carbocycles. The van der Waals surface area contributed by atoms with E-state index in [1.54, 1.807) is 0 Å². The topological polar surface area (TPSA) is 46.5 Å². The van der Waals surface area contributed by atoms with Crippen molar-refractivity contribution in [1.29, 1.82) is 0 Å². The molecule has 1 N–H and O–H groups in total. The molecule has 0 aliphatic heterocycles. The third-order valence-corrected chi connectivity index (χ3v) is 3.74. The number of hydrogen-bond acceptors (Lipinski definition) is 2. The van der Waals surface area contributed by atoms with Crippen molar-refractivity contribution in [1.82, 2.24) is 0 Å². The average molecular weight is 298 g/mol. The fourth-order valence-electron chi connectivity index (χ4n) is 2.50. The number of carboxylic acid groups (broad SMARTS) is 1. The van der Waals surface area contributed by atoms with Crippen molar-refractivity contribution in [3.05, 3.63) is 65.2 Å². The zero-order valence-electron chi connectivity index (χ0n) is 13.1. The summed E-state index contributed by atoms with van der Waals surface area (Å²) in [6.45, 7) is 4.62. The van der Waals surface area contributed by atoms with Crippen molar-refractivity contribution in [2.45, 2.75) is 32.6 Å². The molecule has 2 aromatic rings. The number of aliphatic carboxylic acids is 1. The second-order valence-corrected chi connectivity index (χ2v) is 5.27. The molecule has 0 saturated heterocycles. The highest BCUT2D eigenvalue weighted by atomic mass is 16.5. The number of benzene rings is 2. The first-order valence-corrected chi connectivity index (χ1v) is 7.67. The van der Waals surface area contributed by atoms with Gasteiger partial charge in [-0.3, -0.25) is 4.79 Å². The maximum Gasteiger partial charge on any atom is 0.311 e. The SMILES string of the molecule is CCOc1cccc(CC(C(=O)O)c2ccc(CC)cc2)c1. The molecule has 0 spiro atoms. The van der Waals surface area contributed by atoms with E-state index in [9.17, 15) is 9.90 Å². The molecule has 3 nitrogen and oxygen atoms in total. The second-order valence-electron chi connectivity index (χ2n) is 5.27. The minimum atomic E-state index is -0.800. The van der Waals surface area contributed by atoms with Crippen molar-refractivity contribution in [3.63, 3.8) is 0 Å². The van der Waals surface area contributed by atoms with Gasteiger partial charge in [0, 0.05) is 0 Å². The lowest BCUT2D eigenvalue weighted by Crippen LogP contribution is -2.14. The lowest BCUT2D eigenvalue weighted by atomic mass is 9.91. The van der Waals surface area contributed by atoms with Crippen molar-refractivity contribution in [3.8, 4) is 5.75 Å². The third-order valence-electron chi connectivity index (χ3n) is 3.74. The minimum Gasteiger partial charge on any atom is -0.494 e. The van der Waals surface area contributed by atoms with E-state index in [1.165, 1.54) is 5.56 Å². The van der Waals surface area contributed by atoms with Gasteiger partial charge in [-0.2, -0.15) is 0 Å². The smallest absolute Gasteiger partial charge is 0.311 e. The molecule has 0 aliphatic rings. The van der Waals surface area contributed by atoms with Gasteiger partial charge in [-0.15, -0.1) is 0 Å². The van der Waals surface area contributed by atoms with Gasteiger partial charge < -0.3 is 9.84 Å². The van der Waals surface area contributed by atoms with Crippen LogP contribution in [-0.4, -0.2) is 17.7 Å². The zero-order chi connectivity index (χ0) is 15.9. The Bertz CT molecular complexity index is 617. The van der Waals surface area contributed by atoms with Crippen LogP contribution in [0.3, 0.4) is 0 Å². The Hall–Kier alpha value is -2.29. The molecule has 0 radical (unpaired) electrons. The van der Waals surface area contributed by atoms with E-state index in [4.69, 9.17) is 4.74 Å². The largest absolute Gasteiger partial charge is 0.494 e. The van der Waals surface area contributed by atoms with Crippen LogP contribution in [0.2, 0.25) is 0 Å². The number of carboxylic acids is 1. The van der Waals surface area contributed by atoms with Gasteiger partial charge in [0.1, 0.15) is 5.75 Å². The molecule has 2 aromatic carbocycles. The molecule has 0 amide bonds. The van der Waals surface area contributed by atoms with E-state index in [1.807, 2.05) is 55.5 Å². The number of hydrogen-bond donors (Lipinski definition) is 1. The van der Waals surface area contributed by atoms with E-state index < -0.39 is 11.9 Å². The molecule has 3 heteroatoms. The van der Waals surface area contributed by atoms with Gasteiger partial charge in [-0.25, -0.2) is 0 Å². The quantitative estimate of drug-likeness (QED) is 0.838. The predicted molar refractivity (Wildman–Crippen MR) is 87.5 cm³/mol. The highest BCUT2D eigenvalue weighted by Crippen LogP contribution is 2.24. The van der Waals surface area contributed by atoms with Crippen molar-refractivity contribution in [2.24, 2.45) is 0 Å². The van der Waals surface area contributed by atoms with Crippen LogP contribution < -0.4 is 4.74 Å². The minimum absolute atomic E-state index is 0.460. The summed E-state index contributed by atoms with van der Waals surface area (Å²) < 4.78 is 5.48. The summed E-state index contributed by atoms with van der Waals surface area (Å²) in [5.74, 6) is -0.556. The first-order chi connectivity index (χ1) is 10.6. The monoisotopic (exact) mass is 298 g/mol. The van der Waals surface area contributed by atoms with Crippen LogP contribution in [0.4, 0.5) is 0 Å². The van der Waals surface area contributed by atoms with Crippen molar-refractivity contribution >= 4 is 5.97 Å². The Kier molecular flexibility index (Phi) is 5.59. The molecule has 0 heterocycles. The van der Waals surface area contributed by atoms with Crippen LogP contribution >= 0.6 is 0 Å². The zero-order valence-corrected chi connectivity index (χ0v) is 13.1. The summed E-state index contributed by atoms with van der Waals surface area (Å²) in [6, 6.07) is 15.5. The van der Waals surface area contributed by atoms with Crippen LogP contribution in [-0.2, 0) is 17.6 Å². The summed E-state index contributed by atoms with van der Waals surface area (Å²) in [7, 11) is 0. The summed E-state index contributed by atoms with van der Waals surface area (Å²) in [4.78, 5) is 11.6. The molecule has 22 heavy (non-hydrogen) atoms. The van der Waals surface area contributed by atoms with Gasteiger partial charge >= 0.3 is 5.97 Å². The molecule has 0 saturated carbocycles. The molecule has 1 unspecified atom stereocenters. The van der Waals surface area contributed by atoms with Crippen molar-refractivity contribution < 1.29 is 14.6 Å². The lowest BCUT2D eigenvalue weighted by molar-refractivity contribution is -0.138. The molecular weight excluding hydrogens is 276 g/mol. The van der Waals surface area contributed by atoms with E-state index in [0.717, 1.165) is 23.3 Å². The van der Waals surface area contributed by atoms with Gasteiger partial charge in [0.15, 0.2) is 0 Å². The summed E-state index contributed by atoms with van der Waals surface area (Å²) in [5.41, 5.74) is 3.02. The van der Waals surface area contributed by atoms with E-state index >= 15 is 0 Å². The van der Waals surface area contributed by atoms with E-state index in [-0.39, 0.29) is 0 Å². The molecule has 1 atom stereocenters. The van der Waals surface area contributed by atoms with Crippen LogP contribution in [0.5, 0.6) is 5.75 Å². The van der Waals surface area contributed by atoms with Gasteiger partial charge in [0.25, 0.3) is 0 Å². The number of ether oxygens (including phenoxy) is 1. The Morgan fingerprint density at radius 3 is 2.41 bits per heavy atom. The molecule has 0 fully saturated rings. The number of aryl methyl sites for hydroxylation is 1. The Balaban J connectivity index is 2.21. The highest BCUT2D eigenvalue weighted by Gasteiger charge is 2.20. The average Bonchev–Trinajstić information content (AvgIpc) is 2.53. The molecular formula is C19H22O3. The van der Waals surface area contributed by atoms with Gasteiger partial charge in [-0.05, 0) is 48.6 Å². The Labute approximate surface area is 131 Å². The maximum absolute atomic E-state index is 11.6. The first kappa shape index (κ1) is 16.1. The number of carbonyl (C=O) groups is 1. The molecule has 116 valence electrons. The van der Waals surface area contributed by atoms with Gasteiger partial charge in [0.2, 0.25) is 0 Å². The molecule has 0 aromatic heterocycles. The van der Waals surface area contributed by atoms with Crippen LogP contribution in [0, 0.1) is 0 Å². The van der Waals surface area contributed by atoms with Gasteiger partial charge in [-0.1, -0.05) is 43.3 Å². The van der Waals surface area contributed by atoms with Crippen LogP contribution in [0.1, 0.15) is 36.5 Å². The van der Waals surface area contributed by atoms with E-state index in [2.05, 4.69) is 6.92 Å². The maximum atomic E-state index is 11.6.